The molecule has 2 rings (SSSR count). The van der Waals surface area contributed by atoms with E-state index < -0.39 is 6.09 Å². The molecule has 1 atom stereocenters. The Morgan fingerprint density at radius 3 is 2.35 bits per heavy atom. The number of rotatable bonds is 3. The van der Waals surface area contributed by atoms with Crippen molar-refractivity contribution >= 4 is 6.09 Å². The lowest BCUT2D eigenvalue weighted by Crippen LogP contribution is -2.47. The van der Waals surface area contributed by atoms with Crippen molar-refractivity contribution in [3.8, 4) is 17.2 Å². The summed E-state index contributed by atoms with van der Waals surface area (Å²) in [5.74, 6) is 0.961. The summed E-state index contributed by atoms with van der Waals surface area (Å²) >= 11 is 0. The number of hydrogen-bond donors (Lipinski definition) is 2. The lowest BCUT2D eigenvalue weighted by atomic mass is 9.79. The van der Waals surface area contributed by atoms with Crippen LogP contribution < -0.4 is 14.8 Å². The number of cyclic esters (lactones) is 1. The van der Waals surface area contributed by atoms with Gasteiger partial charge in [-0.2, -0.15) is 0 Å². The molecule has 6 heteroatoms. The van der Waals surface area contributed by atoms with Gasteiger partial charge in [-0.05, 0) is 0 Å². The number of methoxy groups -OCH3 is 2. The number of alkyl carbamates (subject to hydrolysis) is 1. The van der Waals surface area contributed by atoms with Crippen LogP contribution in [-0.2, 0) is 4.74 Å². The zero-order chi connectivity index (χ0) is 14.9. The molecule has 0 saturated carbocycles. The molecular weight excluding hydrogens is 262 g/mol. The van der Waals surface area contributed by atoms with Crippen molar-refractivity contribution in [2.75, 3.05) is 20.8 Å². The van der Waals surface area contributed by atoms with E-state index in [1.54, 1.807) is 0 Å². The molecule has 0 unspecified atom stereocenters. The summed E-state index contributed by atoms with van der Waals surface area (Å²) in [7, 11) is 3.01. The van der Waals surface area contributed by atoms with E-state index in [-0.39, 0.29) is 23.8 Å². The first kappa shape index (κ1) is 14.3. The van der Waals surface area contributed by atoms with Gasteiger partial charge >= 0.3 is 6.09 Å². The SMILES string of the molecule is COc1cc(O)cc(OC)c1[C@@H]1NC(=O)OCC1(C)C. The second-order valence-electron chi connectivity index (χ2n) is 5.41. The van der Waals surface area contributed by atoms with E-state index in [0.717, 1.165) is 0 Å². The number of ether oxygens (including phenoxy) is 3. The predicted octanol–water partition coefficient (Wildman–Crippen LogP) is 2.22. The van der Waals surface area contributed by atoms with Gasteiger partial charge in [-0.1, -0.05) is 13.8 Å². The summed E-state index contributed by atoms with van der Waals surface area (Å²) in [6.45, 7) is 4.24. The van der Waals surface area contributed by atoms with Crippen LogP contribution in [0.25, 0.3) is 0 Å². The zero-order valence-corrected chi connectivity index (χ0v) is 12.0. The van der Waals surface area contributed by atoms with Gasteiger partial charge in [0.1, 0.15) is 23.9 Å². The van der Waals surface area contributed by atoms with Crippen molar-refractivity contribution in [1.82, 2.24) is 5.32 Å². The molecule has 0 bridgehead atoms. The van der Waals surface area contributed by atoms with Gasteiger partial charge in [0.2, 0.25) is 0 Å². The zero-order valence-electron chi connectivity index (χ0n) is 12.0. The Bertz CT molecular complexity index is 501. The number of aromatic hydroxyl groups is 1. The summed E-state index contributed by atoms with van der Waals surface area (Å²) in [5.41, 5.74) is 0.347. The van der Waals surface area contributed by atoms with Gasteiger partial charge in [0, 0.05) is 17.5 Å². The molecule has 2 N–H and O–H groups in total. The Hall–Kier alpha value is -2.11. The highest BCUT2D eigenvalue weighted by atomic mass is 16.6. The highest BCUT2D eigenvalue weighted by Gasteiger charge is 2.41. The molecule has 1 saturated heterocycles. The maximum absolute atomic E-state index is 11.5. The third kappa shape index (κ3) is 2.45. The molecule has 6 nitrogen and oxygen atoms in total. The minimum absolute atomic E-state index is 0.0404. The molecule has 0 radical (unpaired) electrons. The molecule has 1 heterocycles. The first-order valence-electron chi connectivity index (χ1n) is 6.27. The summed E-state index contributed by atoms with van der Waals surface area (Å²) in [6, 6.07) is 2.65. The van der Waals surface area contributed by atoms with Gasteiger partial charge in [-0.15, -0.1) is 0 Å². The number of phenolic OH excluding ortho intramolecular Hbond substituents is 1. The van der Waals surface area contributed by atoms with E-state index in [1.165, 1.54) is 26.4 Å². The van der Waals surface area contributed by atoms with Crippen molar-refractivity contribution in [2.24, 2.45) is 5.41 Å². The maximum atomic E-state index is 11.5. The van der Waals surface area contributed by atoms with Crippen molar-refractivity contribution in [1.29, 1.82) is 0 Å². The van der Waals surface area contributed by atoms with Crippen molar-refractivity contribution in [3.05, 3.63) is 17.7 Å². The molecule has 20 heavy (non-hydrogen) atoms. The highest BCUT2D eigenvalue weighted by molar-refractivity contribution is 5.70. The normalized spacial score (nSPS) is 20.8. The van der Waals surface area contributed by atoms with Gasteiger partial charge in [0.15, 0.2) is 0 Å². The minimum Gasteiger partial charge on any atom is -0.508 e. The molecule has 0 aliphatic carbocycles. The van der Waals surface area contributed by atoms with Crippen LogP contribution in [0.3, 0.4) is 0 Å². The van der Waals surface area contributed by atoms with E-state index in [0.29, 0.717) is 17.1 Å². The Balaban J connectivity index is 2.57. The second-order valence-corrected chi connectivity index (χ2v) is 5.41. The molecule has 1 aromatic carbocycles. The second kappa shape index (κ2) is 5.11. The lowest BCUT2D eigenvalue weighted by molar-refractivity contribution is 0.0374. The monoisotopic (exact) mass is 281 g/mol. The van der Waals surface area contributed by atoms with Crippen LogP contribution in [-0.4, -0.2) is 32.0 Å². The number of hydrogen-bond acceptors (Lipinski definition) is 5. The summed E-state index contributed by atoms with van der Waals surface area (Å²) in [6.07, 6.45) is -0.480. The van der Waals surface area contributed by atoms with Crippen molar-refractivity contribution in [2.45, 2.75) is 19.9 Å². The van der Waals surface area contributed by atoms with Crippen LogP contribution >= 0.6 is 0 Å². The van der Waals surface area contributed by atoms with Gasteiger partial charge in [0.25, 0.3) is 0 Å². The number of amides is 1. The molecule has 1 aliphatic rings. The van der Waals surface area contributed by atoms with Crippen molar-refractivity contribution < 1.29 is 24.1 Å². The fourth-order valence-electron chi connectivity index (χ4n) is 2.36. The molecular formula is C14H19NO5. The van der Waals surface area contributed by atoms with E-state index in [2.05, 4.69) is 5.32 Å². The Morgan fingerprint density at radius 1 is 1.30 bits per heavy atom. The van der Waals surface area contributed by atoms with Crippen LogP contribution in [0.4, 0.5) is 4.79 Å². The van der Waals surface area contributed by atoms with Crippen LogP contribution in [0, 0.1) is 5.41 Å². The van der Waals surface area contributed by atoms with Crippen LogP contribution in [0.2, 0.25) is 0 Å². The summed E-state index contributed by atoms with van der Waals surface area (Å²) < 4.78 is 15.7. The quantitative estimate of drug-likeness (QED) is 0.888. The third-order valence-electron chi connectivity index (χ3n) is 3.44. The molecule has 1 aliphatic heterocycles. The molecule has 1 fully saturated rings. The molecule has 0 aromatic heterocycles. The molecule has 1 aromatic rings. The van der Waals surface area contributed by atoms with Crippen LogP contribution in [0.15, 0.2) is 12.1 Å². The lowest BCUT2D eigenvalue weighted by Gasteiger charge is -2.39. The predicted molar refractivity (Wildman–Crippen MR) is 72.2 cm³/mol. The smallest absolute Gasteiger partial charge is 0.407 e. The molecule has 0 spiro atoms. The number of carbonyl (C=O) groups is 1. The van der Waals surface area contributed by atoms with Crippen LogP contribution in [0.5, 0.6) is 17.2 Å². The Kier molecular flexibility index (Phi) is 3.65. The number of phenols is 1. The third-order valence-corrected chi connectivity index (χ3v) is 3.44. The average molecular weight is 281 g/mol. The number of benzene rings is 1. The first-order valence-corrected chi connectivity index (χ1v) is 6.27. The van der Waals surface area contributed by atoms with Gasteiger partial charge in [-0.25, -0.2) is 4.79 Å². The average Bonchev–Trinajstić information content (AvgIpc) is 2.40. The fraction of sp³-hybridized carbons (Fsp3) is 0.500. The highest BCUT2D eigenvalue weighted by Crippen LogP contribution is 2.46. The molecule has 110 valence electrons. The summed E-state index contributed by atoms with van der Waals surface area (Å²) in [4.78, 5) is 11.5. The standard InChI is InChI=1S/C14H19NO5/c1-14(2)7-20-13(17)15-12(14)11-9(18-3)5-8(16)6-10(11)19-4/h5-6,12,16H,7H2,1-4H3,(H,15,17)/t12-/m0/s1. The van der Waals surface area contributed by atoms with Gasteiger partial charge in [-0.3, -0.25) is 0 Å². The van der Waals surface area contributed by atoms with Crippen molar-refractivity contribution in [3.63, 3.8) is 0 Å². The first-order chi connectivity index (χ1) is 9.39. The largest absolute Gasteiger partial charge is 0.508 e. The van der Waals surface area contributed by atoms with E-state index in [4.69, 9.17) is 14.2 Å². The molecule has 1 amide bonds. The van der Waals surface area contributed by atoms with Gasteiger partial charge < -0.3 is 24.6 Å². The summed E-state index contributed by atoms with van der Waals surface area (Å²) in [5, 5.41) is 12.5. The Labute approximate surface area is 117 Å². The van der Waals surface area contributed by atoms with E-state index in [9.17, 15) is 9.90 Å². The number of carbonyl (C=O) groups excluding carboxylic acids is 1. The fourth-order valence-corrected chi connectivity index (χ4v) is 2.36. The minimum atomic E-state index is -0.480. The Morgan fingerprint density at radius 2 is 1.85 bits per heavy atom. The maximum Gasteiger partial charge on any atom is 0.407 e. The van der Waals surface area contributed by atoms with Gasteiger partial charge in [0.05, 0.1) is 25.8 Å². The topological polar surface area (TPSA) is 77.0 Å². The van der Waals surface area contributed by atoms with E-state index >= 15 is 0 Å². The van der Waals surface area contributed by atoms with E-state index in [1.807, 2.05) is 13.8 Å². The number of nitrogens with one attached hydrogen (secondary N) is 1. The van der Waals surface area contributed by atoms with Crippen LogP contribution in [0.1, 0.15) is 25.5 Å².